The van der Waals surface area contributed by atoms with Crippen LogP contribution in [0.3, 0.4) is 0 Å². The van der Waals surface area contributed by atoms with E-state index in [9.17, 15) is 8.42 Å². The van der Waals surface area contributed by atoms with Crippen LogP contribution in [0.25, 0.3) is 0 Å². The van der Waals surface area contributed by atoms with Gasteiger partial charge in [0, 0.05) is 38.5 Å². The third kappa shape index (κ3) is 9.80. The first-order valence-corrected chi connectivity index (χ1v) is 10.2. The summed E-state index contributed by atoms with van der Waals surface area (Å²) in [6.45, 7) is 6.55. The molecule has 0 aliphatic carbocycles. The smallest absolute Gasteiger partial charge is 0.191 e. The Morgan fingerprint density at radius 1 is 1.29 bits per heavy atom. The molecule has 0 spiro atoms. The number of aliphatic imine (C=N–C) groups is 1. The Bertz CT molecular complexity index is 390. The van der Waals surface area contributed by atoms with Gasteiger partial charge < -0.3 is 10.6 Å². The largest absolute Gasteiger partial charge is 0.357 e. The van der Waals surface area contributed by atoms with Crippen molar-refractivity contribution in [3.63, 3.8) is 0 Å². The van der Waals surface area contributed by atoms with E-state index in [1.807, 2.05) is 6.92 Å². The molecule has 2 N–H and O–H groups in total. The van der Waals surface area contributed by atoms with E-state index in [-0.39, 0.29) is 35.5 Å². The number of guanidine groups is 1. The van der Waals surface area contributed by atoms with E-state index >= 15 is 0 Å². The molecule has 1 fully saturated rings. The van der Waals surface area contributed by atoms with Gasteiger partial charge in [0.05, 0.1) is 18.1 Å². The number of nitrogens with one attached hydrogen (secondary N) is 2. The lowest BCUT2D eigenvalue weighted by Crippen LogP contribution is -2.42. The molecule has 1 aliphatic rings. The summed E-state index contributed by atoms with van der Waals surface area (Å²) in [6, 6.07) is 0. The molecule has 9 heteroatoms. The zero-order chi connectivity index (χ0) is 14.8. The molecule has 1 saturated heterocycles. The molecule has 0 unspecified atom stereocenters. The standard InChI is InChI=1S/C12H26N4O2S2.HI/c1-3-13-12(15-5-9-19-2)14-4-6-16-7-10-20(17,18)11-8-16;/h3-11H2,1-2H3,(H2,13,14,15);1H. The van der Waals surface area contributed by atoms with Crippen LogP contribution in [-0.4, -0.2) is 82.1 Å². The third-order valence-corrected chi connectivity index (χ3v) is 5.29. The van der Waals surface area contributed by atoms with E-state index in [0.29, 0.717) is 19.6 Å². The number of hydrogen-bond donors (Lipinski definition) is 2. The zero-order valence-corrected chi connectivity index (χ0v) is 16.8. The fourth-order valence-electron chi connectivity index (χ4n) is 1.89. The number of nitrogens with zero attached hydrogens (tertiary/aromatic N) is 2. The molecule has 1 aliphatic heterocycles. The van der Waals surface area contributed by atoms with Gasteiger partial charge in [-0.15, -0.1) is 24.0 Å². The summed E-state index contributed by atoms with van der Waals surface area (Å²) >= 11 is 1.80. The molecule has 6 nitrogen and oxygen atoms in total. The average molecular weight is 450 g/mol. The predicted molar refractivity (Wildman–Crippen MR) is 103 cm³/mol. The molecule has 126 valence electrons. The van der Waals surface area contributed by atoms with Crippen molar-refractivity contribution >= 4 is 51.5 Å². The van der Waals surface area contributed by atoms with Crippen LogP contribution in [0.2, 0.25) is 0 Å². The van der Waals surface area contributed by atoms with Crippen molar-refractivity contribution in [2.24, 2.45) is 4.99 Å². The summed E-state index contributed by atoms with van der Waals surface area (Å²) in [4.78, 5) is 6.67. The Labute approximate surface area is 149 Å². The van der Waals surface area contributed by atoms with Crippen LogP contribution in [-0.2, 0) is 9.84 Å². The quantitative estimate of drug-likeness (QED) is 0.251. The topological polar surface area (TPSA) is 73.8 Å². The monoisotopic (exact) mass is 450 g/mol. The highest BCUT2D eigenvalue weighted by molar-refractivity contribution is 14.0. The van der Waals surface area contributed by atoms with Crippen LogP contribution in [0.1, 0.15) is 6.92 Å². The fourth-order valence-corrected chi connectivity index (χ4v) is 3.47. The Morgan fingerprint density at radius 2 is 1.95 bits per heavy atom. The van der Waals surface area contributed by atoms with Gasteiger partial charge in [0.1, 0.15) is 0 Å². The van der Waals surface area contributed by atoms with Gasteiger partial charge in [0.25, 0.3) is 0 Å². The minimum Gasteiger partial charge on any atom is -0.357 e. The maximum Gasteiger partial charge on any atom is 0.191 e. The molecule has 0 bridgehead atoms. The SMILES string of the molecule is CCNC(=NCCN1CCS(=O)(=O)CC1)NCCSC.I. The maximum absolute atomic E-state index is 11.3. The second kappa shape index (κ2) is 11.8. The lowest BCUT2D eigenvalue weighted by Gasteiger charge is -2.25. The number of hydrogen-bond acceptors (Lipinski definition) is 5. The number of rotatable bonds is 7. The molecule has 0 aromatic heterocycles. The first kappa shape index (κ1) is 21.3. The van der Waals surface area contributed by atoms with Gasteiger partial charge in [-0.05, 0) is 13.2 Å². The van der Waals surface area contributed by atoms with Gasteiger partial charge in [-0.2, -0.15) is 11.8 Å². The van der Waals surface area contributed by atoms with Gasteiger partial charge in [0.2, 0.25) is 0 Å². The summed E-state index contributed by atoms with van der Waals surface area (Å²) in [5.74, 6) is 2.45. The first-order chi connectivity index (χ1) is 9.57. The van der Waals surface area contributed by atoms with Crippen molar-refractivity contribution in [1.82, 2.24) is 15.5 Å². The second-order valence-electron chi connectivity index (χ2n) is 4.67. The fraction of sp³-hybridized carbons (Fsp3) is 0.917. The van der Waals surface area contributed by atoms with Gasteiger partial charge in [-0.1, -0.05) is 0 Å². The average Bonchev–Trinajstić information content (AvgIpc) is 2.41. The zero-order valence-electron chi connectivity index (χ0n) is 12.8. The molecule has 1 heterocycles. The van der Waals surface area contributed by atoms with Crippen LogP contribution in [0.5, 0.6) is 0 Å². The van der Waals surface area contributed by atoms with Crippen LogP contribution < -0.4 is 10.6 Å². The van der Waals surface area contributed by atoms with E-state index in [1.165, 1.54) is 0 Å². The summed E-state index contributed by atoms with van der Waals surface area (Å²) in [7, 11) is -2.79. The minimum absolute atomic E-state index is 0. The maximum atomic E-state index is 11.3. The molecule has 0 atom stereocenters. The summed E-state index contributed by atoms with van der Waals surface area (Å²) in [6.07, 6.45) is 2.08. The molecule has 21 heavy (non-hydrogen) atoms. The Morgan fingerprint density at radius 3 is 2.52 bits per heavy atom. The van der Waals surface area contributed by atoms with Crippen LogP contribution in [0, 0.1) is 0 Å². The minimum atomic E-state index is -2.79. The summed E-state index contributed by atoms with van der Waals surface area (Å²) < 4.78 is 22.7. The van der Waals surface area contributed by atoms with Gasteiger partial charge in [-0.3, -0.25) is 9.89 Å². The van der Waals surface area contributed by atoms with Crippen molar-refractivity contribution in [1.29, 1.82) is 0 Å². The molecular weight excluding hydrogens is 423 g/mol. The summed E-state index contributed by atoms with van der Waals surface area (Å²) in [5.41, 5.74) is 0. The Balaban J connectivity index is 0.00000400. The molecule has 1 rings (SSSR count). The van der Waals surface area contributed by atoms with Crippen LogP contribution in [0.4, 0.5) is 0 Å². The number of halogens is 1. The third-order valence-electron chi connectivity index (χ3n) is 3.07. The van der Waals surface area contributed by atoms with Crippen molar-refractivity contribution in [2.45, 2.75) is 6.92 Å². The van der Waals surface area contributed by atoms with Crippen LogP contribution >= 0.6 is 35.7 Å². The highest BCUT2D eigenvalue weighted by atomic mass is 127. The van der Waals surface area contributed by atoms with Crippen molar-refractivity contribution < 1.29 is 8.42 Å². The van der Waals surface area contributed by atoms with Gasteiger partial charge in [0.15, 0.2) is 15.8 Å². The predicted octanol–water partition coefficient (Wildman–Crippen LogP) is 0.253. The van der Waals surface area contributed by atoms with Crippen LogP contribution in [0.15, 0.2) is 4.99 Å². The Hall–Kier alpha value is 0.260. The molecule has 0 saturated carbocycles. The molecule has 0 amide bonds. The highest BCUT2D eigenvalue weighted by Gasteiger charge is 2.20. The lowest BCUT2D eigenvalue weighted by atomic mass is 10.4. The number of thioether (sulfide) groups is 1. The number of sulfone groups is 1. The normalized spacial score (nSPS) is 18.9. The lowest BCUT2D eigenvalue weighted by molar-refractivity contribution is 0.304. The highest BCUT2D eigenvalue weighted by Crippen LogP contribution is 2.02. The van der Waals surface area contributed by atoms with Gasteiger partial charge in [-0.25, -0.2) is 8.42 Å². The Kier molecular flexibility index (Phi) is 11.9. The van der Waals surface area contributed by atoms with Gasteiger partial charge >= 0.3 is 0 Å². The molecule has 0 aromatic carbocycles. The van der Waals surface area contributed by atoms with E-state index in [2.05, 4.69) is 26.8 Å². The first-order valence-electron chi connectivity index (χ1n) is 7.01. The van der Waals surface area contributed by atoms with E-state index in [4.69, 9.17) is 0 Å². The van der Waals surface area contributed by atoms with E-state index in [1.54, 1.807) is 11.8 Å². The van der Waals surface area contributed by atoms with Crippen molar-refractivity contribution in [3.8, 4) is 0 Å². The molecule has 0 aromatic rings. The van der Waals surface area contributed by atoms with E-state index < -0.39 is 9.84 Å². The second-order valence-corrected chi connectivity index (χ2v) is 7.96. The molecular formula is C12H27IN4O2S2. The van der Waals surface area contributed by atoms with Crippen molar-refractivity contribution in [3.05, 3.63) is 0 Å². The summed E-state index contributed by atoms with van der Waals surface area (Å²) in [5, 5.41) is 6.48. The van der Waals surface area contributed by atoms with E-state index in [0.717, 1.165) is 31.3 Å². The molecule has 0 radical (unpaired) electrons. The van der Waals surface area contributed by atoms with Crippen molar-refractivity contribution in [2.75, 3.05) is 62.8 Å².